The minimum atomic E-state index is 0.286. The van der Waals surface area contributed by atoms with E-state index in [-0.39, 0.29) is 6.04 Å². The molecular formula is C13H17N3S. The second kappa shape index (κ2) is 3.96. The number of thiazole rings is 1. The van der Waals surface area contributed by atoms with Crippen LogP contribution in [0.4, 0.5) is 5.69 Å². The maximum atomic E-state index is 6.13. The van der Waals surface area contributed by atoms with Crippen LogP contribution >= 0.6 is 11.3 Å². The Labute approximate surface area is 105 Å². The van der Waals surface area contributed by atoms with Gasteiger partial charge >= 0.3 is 0 Å². The molecule has 0 saturated heterocycles. The molecule has 1 fully saturated rings. The lowest BCUT2D eigenvalue weighted by Gasteiger charge is -2.10. The molecule has 0 spiro atoms. The summed E-state index contributed by atoms with van der Waals surface area (Å²) >= 11 is 1.75. The fourth-order valence-electron chi connectivity index (χ4n) is 2.57. The Morgan fingerprint density at radius 1 is 1.35 bits per heavy atom. The summed E-state index contributed by atoms with van der Waals surface area (Å²) in [6.07, 6.45) is 3.53. The van der Waals surface area contributed by atoms with Crippen LogP contribution in [0, 0.1) is 6.92 Å². The monoisotopic (exact) mass is 247 g/mol. The van der Waals surface area contributed by atoms with Crippen molar-refractivity contribution in [2.24, 2.45) is 5.73 Å². The first-order valence-corrected chi connectivity index (χ1v) is 6.89. The summed E-state index contributed by atoms with van der Waals surface area (Å²) in [5.41, 5.74) is 15.1. The fourth-order valence-corrected chi connectivity index (χ4v) is 3.77. The molecule has 1 aliphatic rings. The normalized spacial score (nSPS) is 24.6. The number of nitrogens with two attached hydrogens (primary N) is 2. The van der Waals surface area contributed by atoms with Crippen molar-refractivity contribution < 1.29 is 0 Å². The lowest BCUT2D eigenvalue weighted by molar-refractivity contribution is 0.611. The standard InChI is InChI=1S/C13H17N3S/c1-7-5-11-12(6-10(7)15)17-13(16-11)8-3-2-4-9(8)14/h5-6,8-9H,2-4,14-15H2,1H3. The van der Waals surface area contributed by atoms with Gasteiger partial charge in [-0.25, -0.2) is 4.98 Å². The van der Waals surface area contributed by atoms with Crippen LogP contribution in [0.3, 0.4) is 0 Å². The predicted octanol–water partition coefficient (Wildman–Crippen LogP) is 2.78. The van der Waals surface area contributed by atoms with Gasteiger partial charge in [0.2, 0.25) is 0 Å². The summed E-state index contributed by atoms with van der Waals surface area (Å²) in [4.78, 5) is 4.73. The van der Waals surface area contributed by atoms with Crippen LogP contribution in [-0.4, -0.2) is 11.0 Å². The molecule has 1 aromatic heterocycles. The molecule has 4 heteroatoms. The third-order valence-electron chi connectivity index (χ3n) is 3.68. The van der Waals surface area contributed by atoms with E-state index in [4.69, 9.17) is 16.5 Å². The molecule has 1 aromatic carbocycles. The molecular weight excluding hydrogens is 230 g/mol. The largest absolute Gasteiger partial charge is 0.398 e. The highest BCUT2D eigenvalue weighted by Gasteiger charge is 2.28. The van der Waals surface area contributed by atoms with E-state index in [1.807, 2.05) is 13.0 Å². The molecule has 0 bridgehead atoms. The van der Waals surface area contributed by atoms with E-state index in [9.17, 15) is 0 Å². The van der Waals surface area contributed by atoms with Crippen LogP contribution in [0.2, 0.25) is 0 Å². The number of rotatable bonds is 1. The van der Waals surface area contributed by atoms with Crippen LogP contribution in [0.1, 0.15) is 35.8 Å². The topological polar surface area (TPSA) is 64.9 Å². The van der Waals surface area contributed by atoms with Crippen molar-refractivity contribution in [1.82, 2.24) is 4.98 Å². The van der Waals surface area contributed by atoms with Gasteiger partial charge in [0.15, 0.2) is 0 Å². The first kappa shape index (κ1) is 11.0. The lowest BCUT2D eigenvalue weighted by atomic mass is 10.1. The zero-order chi connectivity index (χ0) is 12.0. The molecule has 90 valence electrons. The van der Waals surface area contributed by atoms with Gasteiger partial charge in [0.25, 0.3) is 0 Å². The maximum Gasteiger partial charge on any atom is 0.0984 e. The smallest absolute Gasteiger partial charge is 0.0984 e. The van der Waals surface area contributed by atoms with Gasteiger partial charge in [-0.3, -0.25) is 0 Å². The molecule has 2 atom stereocenters. The highest BCUT2D eigenvalue weighted by Crippen LogP contribution is 2.38. The fraction of sp³-hybridized carbons (Fsp3) is 0.462. The van der Waals surface area contributed by atoms with Gasteiger partial charge in [-0.1, -0.05) is 6.42 Å². The van der Waals surface area contributed by atoms with E-state index in [2.05, 4.69) is 6.07 Å². The summed E-state index contributed by atoms with van der Waals surface area (Å²) in [5.74, 6) is 0.453. The molecule has 1 heterocycles. The Morgan fingerprint density at radius 2 is 2.18 bits per heavy atom. The van der Waals surface area contributed by atoms with Gasteiger partial charge in [0.1, 0.15) is 0 Å². The van der Waals surface area contributed by atoms with Gasteiger partial charge in [0, 0.05) is 17.6 Å². The molecule has 2 aromatic rings. The molecule has 17 heavy (non-hydrogen) atoms. The van der Waals surface area contributed by atoms with Gasteiger partial charge in [-0.05, 0) is 37.5 Å². The van der Waals surface area contributed by atoms with Gasteiger partial charge < -0.3 is 11.5 Å². The SMILES string of the molecule is Cc1cc2nc(C3CCCC3N)sc2cc1N. The number of benzene rings is 1. The number of aromatic nitrogens is 1. The Bertz CT molecular complexity index is 522. The minimum absolute atomic E-state index is 0.286. The first-order valence-electron chi connectivity index (χ1n) is 6.07. The molecule has 3 rings (SSSR count). The van der Waals surface area contributed by atoms with Crippen LogP contribution in [0.25, 0.3) is 10.2 Å². The van der Waals surface area contributed by atoms with Crippen molar-refractivity contribution >= 4 is 27.2 Å². The lowest BCUT2D eigenvalue weighted by Crippen LogP contribution is -2.22. The van der Waals surface area contributed by atoms with E-state index in [0.29, 0.717) is 5.92 Å². The number of nitrogen functional groups attached to an aromatic ring is 1. The second-order valence-corrected chi connectivity index (χ2v) is 5.99. The third-order valence-corrected chi connectivity index (χ3v) is 4.83. The molecule has 1 aliphatic carbocycles. The van der Waals surface area contributed by atoms with Crippen LogP contribution in [0.15, 0.2) is 12.1 Å². The zero-order valence-corrected chi connectivity index (χ0v) is 10.8. The van der Waals surface area contributed by atoms with Crippen molar-refractivity contribution in [1.29, 1.82) is 0 Å². The van der Waals surface area contributed by atoms with Crippen LogP contribution < -0.4 is 11.5 Å². The van der Waals surface area contributed by atoms with E-state index >= 15 is 0 Å². The number of hydrogen-bond donors (Lipinski definition) is 2. The van der Waals surface area contributed by atoms with Gasteiger partial charge in [-0.2, -0.15) is 0 Å². The van der Waals surface area contributed by atoms with E-state index in [1.165, 1.54) is 22.5 Å². The van der Waals surface area contributed by atoms with E-state index in [0.717, 1.165) is 23.2 Å². The maximum absolute atomic E-state index is 6.13. The quantitative estimate of drug-likeness (QED) is 0.762. The van der Waals surface area contributed by atoms with Gasteiger partial charge in [-0.15, -0.1) is 11.3 Å². The van der Waals surface area contributed by atoms with E-state index in [1.54, 1.807) is 11.3 Å². The Morgan fingerprint density at radius 3 is 2.88 bits per heavy atom. The first-order chi connectivity index (χ1) is 8.15. The van der Waals surface area contributed by atoms with Crippen molar-refractivity contribution in [2.45, 2.75) is 38.1 Å². The highest BCUT2D eigenvalue weighted by atomic mass is 32.1. The van der Waals surface area contributed by atoms with Crippen molar-refractivity contribution in [3.8, 4) is 0 Å². The predicted molar refractivity (Wildman–Crippen MR) is 73.3 cm³/mol. The Balaban J connectivity index is 2.07. The van der Waals surface area contributed by atoms with Gasteiger partial charge in [0.05, 0.1) is 15.2 Å². The summed E-state index contributed by atoms with van der Waals surface area (Å²) in [6.45, 7) is 2.02. The number of aryl methyl sites for hydroxylation is 1. The van der Waals surface area contributed by atoms with Crippen LogP contribution in [-0.2, 0) is 0 Å². The third kappa shape index (κ3) is 1.81. The number of hydrogen-bond acceptors (Lipinski definition) is 4. The summed E-state index contributed by atoms with van der Waals surface area (Å²) in [7, 11) is 0. The molecule has 2 unspecified atom stereocenters. The summed E-state index contributed by atoms with van der Waals surface area (Å²) in [5, 5.41) is 1.19. The minimum Gasteiger partial charge on any atom is -0.398 e. The van der Waals surface area contributed by atoms with Crippen molar-refractivity contribution in [3.05, 3.63) is 22.7 Å². The molecule has 4 N–H and O–H groups in total. The molecule has 1 saturated carbocycles. The summed E-state index contributed by atoms with van der Waals surface area (Å²) in [6, 6.07) is 4.39. The molecule has 0 radical (unpaired) electrons. The molecule has 0 aliphatic heterocycles. The average Bonchev–Trinajstić information content (AvgIpc) is 2.85. The number of nitrogens with zero attached hydrogens (tertiary/aromatic N) is 1. The summed E-state index contributed by atoms with van der Waals surface area (Å²) < 4.78 is 1.18. The van der Waals surface area contributed by atoms with Crippen molar-refractivity contribution in [2.75, 3.05) is 5.73 Å². The van der Waals surface area contributed by atoms with Crippen LogP contribution in [0.5, 0.6) is 0 Å². The molecule has 3 nitrogen and oxygen atoms in total. The number of anilines is 1. The Hall–Kier alpha value is -1.13. The second-order valence-electron chi connectivity index (χ2n) is 4.93. The zero-order valence-electron chi connectivity index (χ0n) is 9.94. The average molecular weight is 247 g/mol. The Kier molecular flexibility index (Phi) is 2.56. The molecule has 0 amide bonds. The van der Waals surface area contributed by atoms with Crippen molar-refractivity contribution in [3.63, 3.8) is 0 Å². The number of fused-ring (bicyclic) bond motifs is 1. The van der Waals surface area contributed by atoms with E-state index < -0.39 is 0 Å². The highest BCUT2D eigenvalue weighted by molar-refractivity contribution is 7.18.